The predicted molar refractivity (Wildman–Crippen MR) is 131 cm³/mol. The highest BCUT2D eigenvalue weighted by Crippen LogP contribution is 2.29. The van der Waals surface area contributed by atoms with Crippen LogP contribution in [0, 0.1) is 6.92 Å². The number of anilines is 1. The molecule has 2 heterocycles. The molecule has 0 aliphatic rings. The van der Waals surface area contributed by atoms with Crippen LogP contribution < -0.4 is 5.32 Å². The molecule has 1 N–H and O–H groups in total. The van der Waals surface area contributed by atoms with Crippen molar-refractivity contribution >= 4 is 61.4 Å². The third kappa shape index (κ3) is 5.78. The summed E-state index contributed by atoms with van der Waals surface area (Å²) in [7, 11) is 0. The van der Waals surface area contributed by atoms with E-state index in [1.165, 1.54) is 34.2 Å². The van der Waals surface area contributed by atoms with E-state index < -0.39 is 0 Å². The maximum atomic E-state index is 12.3. The molecule has 152 valence electrons. The topological polar surface area (TPSA) is 54.9 Å². The van der Waals surface area contributed by atoms with Crippen LogP contribution in [0.2, 0.25) is 0 Å². The van der Waals surface area contributed by atoms with Crippen molar-refractivity contribution in [2.45, 2.75) is 17.7 Å². The maximum absolute atomic E-state index is 12.3. The van der Waals surface area contributed by atoms with E-state index in [1.807, 2.05) is 35.8 Å². The summed E-state index contributed by atoms with van der Waals surface area (Å²) in [6.45, 7) is 2.08. The SMILES string of the molecule is Cc1ccc(Cc2cnc(NC(=O)CSc3nc(-c4ccc(Br)cc4)cs3)s2)cc1. The van der Waals surface area contributed by atoms with Crippen LogP contribution in [-0.2, 0) is 11.2 Å². The van der Waals surface area contributed by atoms with Crippen LogP contribution in [0.3, 0.4) is 0 Å². The zero-order valence-corrected chi connectivity index (χ0v) is 20.1. The molecule has 0 atom stereocenters. The van der Waals surface area contributed by atoms with Crippen molar-refractivity contribution in [3.05, 3.63) is 80.6 Å². The molecule has 30 heavy (non-hydrogen) atoms. The molecule has 4 rings (SSSR count). The van der Waals surface area contributed by atoms with Crippen molar-refractivity contribution in [3.8, 4) is 11.3 Å². The van der Waals surface area contributed by atoms with Crippen molar-refractivity contribution in [2.24, 2.45) is 0 Å². The fraction of sp³-hybridized carbons (Fsp3) is 0.136. The molecular weight excluding hydrogens is 498 g/mol. The van der Waals surface area contributed by atoms with Gasteiger partial charge < -0.3 is 5.32 Å². The number of hydrogen-bond acceptors (Lipinski definition) is 6. The quantitative estimate of drug-likeness (QED) is 0.279. The minimum Gasteiger partial charge on any atom is -0.301 e. The highest BCUT2D eigenvalue weighted by Gasteiger charge is 2.11. The second kappa shape index (κ2) is 9.87. The van der Waals surface area contributed by atoms with Crippen molar-refractivity contribution in [1.82, 2.24) is 9.97 Å². The predicted octanol–water partition coefficient (Wildman–Crippen LogP) is 6.66. The Balaban J connectivity index is 1.28. The summed E-state index contributed by atoms with van der Waals surface area (Å²) in [6, 6.07) is 16.5. The lowest BCUT2D eigenvalue weighted by molar-refractivity contribution is -0.113. The van der Waals surface area contributed by atoms with Crippen molar-refractivity contribution in [3.63, 3.8) is 0 Å². The molecule has 0 bridgehead atoms. The standard InChI is InChI=1S/C22H18BrN3OS3/c1-14-2-4-15(5-3-14)10-18-11-24-21(30-18)26-20(27)13-29-22-25-19(12-28-22)16-6-8-17(23)9-7-16/h2-9,11-12H,10,13H2,1H3,(H,24,26,27). The van der Waals surface area contributed by atoms with Gasteiger partial charge in [-0.1, -0.05) is 69.7 Å². The van der Waals surface area contributed by atoms with Gasteiger partial charge in [0.25, 0.3) is 0 Å². The van der Waals surface area contributed by atoms with E-state index >= 15 is 0 Å². The number of aromatic nitrogens is 2. The van der Waals surface area contributed by atoms with E-state index in [2.05, 4.69) is 62.4 Å². The van der Waals surface area contributed by atoms with Crippen LogP contribution in [0.15, 0.2) is 68.9 Å². The van der Waals surface area contributed by atoms with Gasteiger partial charge in [0.1, 0.15) is 0 Å². The number of nitrogens with zero attached hydrogens (tertiary/aromatic N) is 2. The van der Waals surface area contributed by atoms with E-state index in [0.717, 1.165) is 31.4 Å². The van der Waals surface area contributed by atoms with Crippen molar-refractivity contribution < 1.29 is 4.79 Å². The van der Waals surface area contributed by atoms with Crippen LogP contribution in [0.25, 0.3) is 11.3 Å². The molecule has 0 aliphatic carbocycles. The maximum Gasteiger partial charge on any atom is 0.236 e. The number of thiazole rings is 2. The molecule has 2 aromatic carbocycles. The number of carbonyl (C=O) groups is 1. The van der Waals surface area contributed by atoms with Gasteiger partial charge in [-0.2, -0.15) is 0 Å². The van der Waals surface area contributed by atoms with E-state index in [4.69, 9.17) is 0 Å². The third-order valence-electron chi connectivity index (χ3n) is 4.25. The van der Waals surface area contributed by atoms with Crippen LogP contribution >= 0.6 is 50.4 Å². The second-order valence-electron chi connectivity index (χ2n) is 6.64. The van der Waals surface area contributed by atoms with E-state index in [0.29, 0.717) is 10.9 Å². The summed E-state index contributed by atoms with van der Waals surface area (Å²) in [4.78, 5) is 22.4. The molecule has 1 amide bonds. The molecule has 0 unspecified atom stereocenters. The van der Waals surface area contributed by atoms with Gasteiger partial charge in [0.05, 0.1) is 11.4 Å². The molecule has 8 heteroatoms. The Bertz CT molecular complexity index is 1140. The van der Waals surface area contributed by atoms with Gasteiger partial charge in [-0.05, 0) is 24.6 Å². The van der Waals surface area contributed by atoms with Gasteiger partial charge in [-0.25, -0.2) is 9.97 Å². The van der Waals surface area contributed by atoms with E-state index in [9.17, 15) is 4.79 Å². The Morgan fingerprint density at radius 2 is 1.90 bits per heavy atom. The summed E-state index contributed by atoms with van der Waals surface area (Å²) in [5.41, 5.74) is 4.48. The fourth-order valence-corrected chi connectivity index (χ4v) is 5.48. The first-order chi connectivity index (χ1) is 14.5. The number of aryl methyl sites for hydroxylation is 1. The van der Waals surface area contributed by atoms with Gasteiger partial charge in [0, 0.05) is 32.9 Å². The Morgan fingerprint density at radius 1 is 1.13 bits per heavy atom. The van der Waals surface area contributed by atoms with Gasteiger partial charge in [-0.15, -0.1) is 22.7 Å². The minimum atomic E-state index is -0.0726. The van der Waals surface area contributed by atoms with Crippen LogP contribution in [0.4, 0.5) is 5.13 Å². The molecule has 2 aromatic heterocycles. The number of rotatable bonds is 7. The van der Waals surface area contributed by atoms with Crippen LogP contribution in [0.1, 0.15) is 16.0 Å². The first-order valence-electron chi connectivity index (χ1n) is 9.19. The lowest BCUT2D eigenvalue weighted by atomic mass is 10.1. The van der Waals surface area contributed by atoms with E-state index in [1.54, 1.807) is 11.3 Å². The highest BCUT2D eigenvalue weighted by molar-refractivity contribution is 9.10. The molecule has 0 saturated heterocycles. The number of amides is 1. The Hall–Kier alpha value is -2.00. The summed E-state index contributed by atoms with van der Waals surface area (Å²) >= 11 is 7.95. The Kier molecular flexibility index (Phi) is 6.99. The first kappa shape index (κ1) is 21.2. The summed E-state index contributed by atoms with van der Waals surface area (Å²) in [5, 5.41) is 5.54. The number of halogens is 1. The largest absolute Gasteiger partial charge is 0.301 e. The number of thioether (sulfide) groups is 1. The number of hydrogen-bond donors (Lipinski definition) is 1. The molecule has 0 fully saturated rings. The van der Waals surface area contributed by atoms with Gasteiger partial charge in [-0.3, -0.25) is 4.79 Å². The Labute approximate surface area is 195 Å². The molecule has 0 aliphatic heterocycles. The monoisotopic (exact) mass is 515 g/mol. The fourth-order valence-electron chi connectivity index (χ4n) is 2.71. The van der Waals surface area contributed by atoms with E-state index in [-0.39, 0.29) is 5.91 Å². The molecule has 0 spiro atoms. The summed E-state index contributed by atoms with van der Waals surface area (Å²) in [5.74, 6) is 0.233. The zero-order chi connectivity index (χ0) is 20.9. The first-order valence-corrected chi connectivity index (χ1v) is 12.7. The van der Waals surface area contributed by atoms with Crippen molar-refractivity contribution in [2.75, 3.05) is 11.1 Å². The smallest absolute Gasteiger partial charge is 0.236 e. The average molecular weight is 517 g/mol. The van der Waals surface area contributed by atoms with Gasteiger partial charge in [0.2, 0.25) is 5.91 Å². The normalized spacial score (nSPS) is 10.9. The number of benzene rings is 2. The lowest BCUT2D eigenvalue weighted by Crippen LogP contribution is -2.13. The minimum absolute atomic E-state index is 0.0726. The summed E-state index contributed by atoms with van der Waals surface area (Å²) < 4.78 is 1.92. The zero-order valence-electron chi connectivity index (χ0n) is 16.1. The van der Waals surface area contributed by atoms with Gasteiger partial charge >= 0.3 is 0 Å². The highest BCUT2D eigenvalue weighted by atomic mass is 79.9. The molecule has 4 aromatic rings. The lowest BCUT2D eigenvalue weighted by Gasteiger charge is -2.00. The number of carbonyl (C=O) groups excluding carboxylic acids is 1. The second-order valence-corrected chi connectivity index (χ2v) is 10.7. The van der Waals surface area contributed by atoms with Crippen LogP contribution in [0.5, 0.6) is 0 Å². The molecule has 0 radical (unpaired) electrons. The number of nitrogens with one attached hydrogen (secondary N) is 1. The molecule has 0 saturated carbocycles. The van der Waals surface area contributed by atoms with Gasteiger partial charge in [0.15, 0.2) is 9.47 Å². The molecule has 4 nitrogen and oxygen atoms in total. The average Bonchev–Trinajstić information content (AvgIpc) is 3.38. The third-order valence-corrected chi connectivity index (χ3v) is 7.71. The molecular formula is C22H18BrN3OS3. The van der Waals surface area contributed by atoms with Crippen LogP contribution in [-0.4, -0.2) is 21.6 Å². The van der Waals surface area contributed by atoms with Crippen molar-refractivity contribution in [1.29, 1.82) is 0 Å². The Morgan fingerprint density at radius 3 is 2.67 bits per heavy atom. The summed E-state index contributed by atoms with van der Waals surface area (Å²) in [6.07, 6.45) is 2.65.